The average molecular weight is 274 g/mol. The predicted molar refractivity (Wildman–Crippen MR) is 85.2 cm³/mol. The molecule has 20 heavy (non-hydrogen) atoms. The van der Waals surface area contributed by atoms with Crippen LogP contribution < -0.4 is 10.5 Å². The monoisotopic (exact) mass is 274 g/mol. The summed E-state index contributed by atoms with van der Waals surface area (Å²) in [6, 6.07) is 8.42. The molecule has 2 rings (SSSR count). The number of hydrogen-bond donors (Lipinski definition) is 1. The lowest BCUT2D eigenvalue weighted by atomic mass is 9.90. The zero-order chi connectivity index (χ0) is 14.6. The Morgan fingerprint density at radius 1 is 1.25 bits per heavy atom. The number of aromatic nitrogens is 1. The minimum absolute atomic E-state index is 0.187. The van der Waals surface area contributed by atoms with Crippen LogP contribution in [0.25, 0.3) is 10.9 Å². The molecule has 0 atom stereocenters. The van der Waals surface area contributed by atoms with Crippen molar-refractivity contribution in [3.05, 3.63) is 30.5 Å². The first kappa shape index (κ1) is 14.9. The third-order valence-corrected chi connectivity index (χ3v) is 3.82. The first-order valence-electron chi connectivity index (χ1n) is 7.48. The Morgan fingerprint density at radius 3 is 2.75 bits per heavy atom. The van der Waals surface area contributed by atoms with Crippen molar-refractivity contribution in [3.8, 4) is 5.75 Å². The van der Waals surface area contributed by atoms with E-state index in [-0.39, 0.29) is 5.41 Å². The highest BCUT2D eigenvalue weighted by Crippen LogP contribution is 2.28. The van der Waals surface area contributed by atoms with Crippen LogP contribution in [0.1, 0.15) is 33.6 Å². The summed E-state index contributed by atoms with van der Waals surface area (Å²) in [5, 5.41) is 1.20. The molecule has 0 aliphatic carbocycles. The van der Waals surface area contributed by atoms with Crippen LogP contribution in [0.2, 0.25) is 0 Å². The van der Waals surface area contributed by atoms with Gasteiger partial charge in [-0.3, -0.25) is 0 Å². The number of nitrogens with two attached hydrogens (primary N) is 1. The molecule has 0 fully saturated rings. The molecule has 0 aliphatic heterocycles. The normalized spacial score (nSPS) is 12.0. The van der Waals surface area contributed by atoms with E-state index < -0.39 is 0 Å². The standard InChI is InChI=1S/C17H26N2O/c1-4-12-20-16-7-5-6-15-14(16)8-10-19(15)11-9-17(2,3)13-18/h5-8,10H,4,9,11-13,18H2,1-3H3. The SMILES string of the molecule is CCCOc1cccc2c1ccn2CCC(C)(C)CN. The van der Waals surface area contributed by atoms with Crippen molar-refractivity contribution in [2.75, 3.05) is 13.2 Å². The number of ether oxygens (including phenoxy) is 1. The molecule has 1 heterocycles. The van der Waals surface area contributed by atoms with Crippen LogP contribution in [0.15, 0.2) is 30.5 Å². The molecule has 0 saturated heterocycles. The quantitative estimate of drug-likeness (QED) is 0.834. The van der Waals surface area contributed by atoms with Crippen LogP contribution in [0.5, 0.6) is 5.75 Å². The molecule has 3 heteroatoms. The Kier molecular flexibility index (Phi) is 4.71. The molecule has 110 valence electrons. The maximum atomic E-state index is 5.82. The lowest BCUT2D eigenvalue weighted by Gasteiger charge is -2.22. The second-order valence-electron chi connectivity index (χ2n) is 6.16. The van der Waals surface area contributed by atoms with Gasteiger partial charge in [-0.25, -0.2) is 0 Å². The van der Waals surface area contributed by atoms with Crippen molar-refractivity contribution in [2.45, 2.75) is 40.2 Å². The van der Waals surface area contributed by atoms with Crippen molar-refractivity contribution in [2.24, 2.45) is 11.1 Å². The number of fused-ring (bicyclic) bond motifs is 1. The Hall–Kier alpha value is -1.48. The van der Waals surface area contributed by atoms with Gasteiger partial charge in [0, 0.05) is 18.1 Å². The fraction of sp³-hybridized carbons (Fsp3) is 0.529. The van der Waals surface area contributed by atoms with E-state index >= 15 is 0 Å². The molecule has 0 unspecified atom stereocenters. The van der Waals surface area contributed by atoms with E-state index in [0.29, 0.717) is 0 Å². The Morgan fingerprint density at radius 2 is 2.05 bits per heavy atom. The Balaban J connectivity index is 2.19. The van der Waals surface area contributed by atoms with Crippen LogP contribution in [0.4, 0.5) is 0 Å². The minimum Gasteiger partial charge on any atom is -0.493 e. The third kappa shape index (κ3) is 3.34. The topological polar surface area (TPSA) is 40.2 Å². The number of rotatable bonds is 7. The molecule has 3 nitrogen and oxygen atoms in total. The molecule has 0 radical (unpaired) electrons. The number of aryl methyl sites for hydroxylation is 1. The van der Waals surface area contributed by atoms with E-state index in [2.05, 4.69) is 49.7 Å². The number of nitrogens with zero attached hydrogens (tertiary/aromatic N) is 1. The maximum absolute atomic E-state index is 5.82. The van der Waals surface area contributed by atoms with E-state index in [1.165, 1.54) is 10.9 Å². The summed E-state index contributed by atoms with van der Waals surface area (Å²) in [4.78, 5) is 0. The van der Waals surface area contributed by atoms with Gasteiger partial charge in [-0.05, 0) is 43.0 Å². The summed E-state index contributed by atoms with van der Waals surface area (Å²) < 4.78 is 8.11. The highest BCUT2D eigenvalue weighted by atomic mass is 16.5. The fourth-order valence-electron chi connectivity index (χ4n) is 2.25. The first-order valence-corrected chi connectivity index (χ1v) is 7.48. The smallest absolute Gasteiger partial charge is 0.128 e. The fourth-order valence-corrected chi connectivity index (χ4v) is 2.25. The Bertz CT molecular complexity index is 557. The van der Waals surface area contributed by atoms with Gasteiger partial charge in [-0.2, -0.15) is 0 Å². The molecule has 1 aromatic heterocycles. The molecular weight excluding hydrogens is 248 g/mol. The molecule has 0 saturated carbocycles. The second kappa shape index (κ2) is 6.31. The second-order valence-corrected chi connectivity index (χ2v) is 6.16. The predicted octanol–water partition coefficient (Wildman–Crippen LogP) is 3.81. The van der Waals surface area contributed by atoms with Crippen molar-refractivity contribution in [3.63, 3.8) is 0 Å². The summed E-state index contributed by atoms with van der Waals surface area (Å²) in [6.07, 6.45) is 4.26. The first-order chi connectivity index (χ1) is 9.57. The molecule has 2 aromatic rings. The van der Waals surface area contributed by atoms with Crippen molar-refractivity contribution < 1.29 is 4.74 Å². The molecule has 1 aromatic carbocycles. The maximum Gasteiger partial charge on any atom is 0.128 e. The lowest BCUT2D eigenvalue weighted by Crippen LogP contribution is -2.24. The van der Waals surface area contributed by atoms with Crippen molar-refractivity contribution >= 4 is 10.9 Å². The highest BCUT2D eigenvalue weighted by molar-refractivity contribution is 5.86. The van der Waals surface area contributed by atoms with Crippen LogP contribution in [-0.4, -0.2) is 17.7 Å². The van der Waals surface area contributed by atoms with Crippen LogP contribution in [0.3, 0.4) is 0 Å². The van der Waals surface area contributed by atoms with Crippen LogP contribution >= 0.6 is 0 Å². The zero-order valence-corrected chi connectivity index (χ0v) is 12.9. The van der Waals surface area contributed by atoms with E-state index in [4.69, 9.17) is 10.5 Å². The largest absolute Gasteiger partial charge is 0.493 e. The van der Waals surface area contributed by atoms with Gasteiger partial charge in [-0.1, -0.05) is 26.8 Å². The van der Waals surface area contributed by atoms with Crippen molar-refractivity contribution in [1.82, 2.24) is 4.57 Å². The van der Waals surface area contributed by atoms with E-state index in [1.54, 1.807) is 0 Å². The summed E-state index contributed by atoms with van der Waals surface area (Å²) in [5.74, 6) is 0.987. The van der Waals surface area contributed by atoms with Crippen molar-refractivity contribution in [1.29, 1.82) is 0 Å². The van der Waals surface area contributed by atoms with Gasteiger partial charge in [0.2, 0.25) is 0 Å². The van der Waals surface area contributed by atoms with Gasteiger partial charge in [0.1, 0.15) is 5.75 Å². The third-order valence-electron chi connectivity index (χ3n) is 3.82. The summed E-state index contributed by atoms with van der Waals surface area (Å²) in [5.41, 5.74) is 7.24. The van der Waals surface area contributed by atoms with E-state index in [1.807, 2.05) is 6.07 Å². The van der Waals surface area contributed by atoms with Gasteiger partial charge in [0.05, 0.1) is 12.1 Å². The lowest BCUT2D eigenvalue weighted by molar-refractivity contribution is 0.321. The molecule has 0 bridgehead atoms. The van der Waals surface area contributed by atoms with Gasteiger partial charge >= 0.3 is 0 Å². The summed E-state index contributed by atoms with van der Waals surface area (Å²) in [7, 11) is 0. The van der Waals surface area contributed by atoms with E-state index in [0.717, 1.165) is 38.3 Å². The van der Waals surface area contributed by atoms with Gasteiger partial charge in [0.25, 0.3) is 0 Å². The van der Waals surface area contributed by atoms with Crippen LogP contribution in [-0.2, 0) is 6.54 Å². The summed E-state index contributed by atoms with van der Waals surface area (Å²) in [6.45, 7) is 9.04. The molecule has 0 aliphatic rings. The highest BCUT2D eigenvalue weighted by Gasteiger charge is 2.16. The van der Waals surface area contributed by atoms with Gasteiger partial charge in [0.15, 0.2) is 0 Å². The molecule has 2 N–H and O–H groups in total. The minimum atomic E-state index is 0.187. The zero-order valence-electron chi connectivity index (χ0n) is 12.9. The molecular formula is C17H26N2O. The Labute approximate surface area is 121 Å². The summed E-state index contributed by atoms with van der Waals surface area (Å²) >= 11 is 0. The van der Waals surface area contributed by atoms with Gasteiger partial charge < -0.3 is 15.0 Å². The number of benzene rings is 1. The van der Waals surface area contributed by atoms with Gasteiger partial charge in [-0.15, -0.1) is 0 Å². The molecule has 0 spiro atoms. The average Bonchev–Trinajstić information content (AvgIpc) is 2.87. The number of hydrogen-bond acceptors (Lipinski definition) is 2. The van der Waals surface area contributed by atoms with E-state index in [9.17, 15) is 0 Å². The van der Waals surface area contributed by atoms with Crippen LogP contribution in [0, 0.1) is 5.41 Å². The molecule has 0 amide bonds.